The number of benzene rings is 1. The van der Waals surface area contributed by atoms with E-state index in [0.717, 1.165) is 5.69 Å². The lowest BCUT2D eigenvalue weighted by molar-refractivity contribution is -0.385. The molecule has 3 rings (SSSR count). The van der Waals surface area contributed by atoms with Crippen LogP contribution in [0.15, 0.2) is 36.5 Å². The predicted octanol–water partition coefficient (Wildman–Crippen LogP) is 4.08. The van der Waals surface area contributed by atoms with E-state index < -0.39 is 10.9 Å². The zero-order valence-electron chi connectivity index (χ0n) is 15.1. The third-order valence-corrected chi connectivity index (χ3v) is 4.13. The van der Waals surface area contributed by atoms with Crippen LogP contribution in [0, 0.1) is 24.0 Å². The molecule has 1 aromatic carbocycles. The number of carbonyl (C=O) groups is 1. The molecule has 1 N–H and O–H groups in total. The number of aromatic nitrogens is 2. The molecule has 0 radical (unpaired) electrons. The van der Waals surface area contributed by atoms with Crippen molar-refractivity contribution in [2.24, 2.45) is 0 Å². The van der Waals surface area contributed by atoms with Crippen LogP contribution in [-0.4, -0.2) is 27.5 Å². The summed E-state index contributed by atoms with van der Waals surface area (Å²) in [7, 11) is 0. The van der Waals surface area contributed by atoms with Gasteiger partial charge in [-0.3, -0.25) is 10.1 Å². The molecule has 0 aliphatic heterocycles. The molecule has 8 nitrogen and oxygen atoms in total. The van der Waals surface area contributed by atoms with Crippen molar-refractivity contribution in [3.05, 3.63) is 63.5 Å². The number of nitro groups is 1. The van der Waals surface area contributed by atoms with Crippen LogP contribution in [0.1, 0.15) is 28.5 Å². The van der Waals surface area contributed by atoms with Gasteiger partial charge in [0.2, 0.25) is 0 Å². The van der Waals surface area contributed by atoms with Gasteiger partial charge in [-0.25, -0.2) is 14.8 Å². The van der Waals surface area contributed by atoms with Crippen molar-refractivity contribution >= 4 is 34.1 Å². The minimum atomic E-state index is -0.530. The van der Waals surface area contributed by atoms with Crippen molar-refractivity contribution in [1.82, 2.24) is 9.97 Å². The summed E-state index contributed by atoms with van der Waals surface area (Å²) in [6, 6.07) is 8.35. The third kappa shape index (κ3) is 3.55. The summed E-state index contributed by atoms with van der Waals surface area (Å²) in [5.41, 5.74) is 2.91. The lowest BCUT2D eigenvalue weighted by atomic mass is 10.1. The Morgan fingerprint density at radius 2 is 2.04 bits per heavy atom. The van der Waals surface area contributed by atoms with Crippen LogP contribution in [0.25, 0.3) is 11.0 Å². The summed E-state index contributed by atoms with van der Waals surface area (Å²) >= 11 is 0. The molecule has 0 atom stereocenters. The summed E-state index contributed by atoms with van der Waals surface area (Å²) in [5.74, 6) is -0.530. The largest absolute Gasteiger partial charge is 0.462 e. The Morgan fingerprint density at radius 1 is 1.26 bits per heavy atom. The minimum absolute atomic E-state index is 0.00924. The highest BCUT2D eigenvalue weighted by atomic mass is 16.6. The first-order chi connectivity index (χ1) is 12.9. The molecule has 0 saturated heterocycles. The lowest BCUT2D eigenvalue weighted by Crippen LogP contribution is -2.10. The highest BCUT2D eigenvalue weighted by Gasteiger charge is 2.20. The fraction of sp³-hybridized carbons (Fsp3) is 0.211. The van der Waals surface area contributed by atoms with E-state index in [0.29, 0.717) is 28.0 Å². The molecule has 8 heteroatoms. The first-order valence-electron chi connectivity index (χ1n) is 8.37. The lowest BCUT2D eigenvalue weighted by Gasteiger charge is -2.15. The first-order valence-corrected chi connectivity index (χ1v) is 8.37. The summed E-state index contributed by atoms with van der Waals surface area (Å²) in [6.45, 7) is 5.43. The van der Waals surface area contributed by atoms with Gasteiger partial charge in [-0.05, 0) is 39.0 Å². The Morgan fingerprint density at radius 3 is 2.74 bits per heavy atom. The van der Waals surface area contributed by atoms with Gasteiger partial charge in [0.05, 0.1) is 22.8 Å². The van der Waals surface area contributed by atoms with Crippen molar-refractivity contribution < 1.29 is 14.5 Å². The van der Waals surface area contributed by atoms with Gasteiger partial charge in [0.15, 0.2) is 5.65 Å². The average molecular weight is 366 g/mol. The Hall–Kier alpha value is -3.55. The fourth-order valence-corrected chi connectivity index (χ4v) is 2.76. The maximum atomic E-state index is 12.4. The van der Waals surface area contributed by atoms with Crippen molar-refractivity contribution in [2.75, 3.05) is 11.9 Å². The van der Waals surface area contributed by atoms with E-state index in [2.05, 4.69) is 15.3 Å². The molecule has 0 bridgehead atoms. The van der Waals surface area contributed by atoms with E-state index in [-0.39, 0.29) is 17.9 Å². The van der Waals surface area contributed by atoms with Gasteiger partial charge in [0, 0.05) is 29.0 Å². The quantitative estimate of drug-likeness (QED) is 0.412. The van der Waals surface area contributed by atoms with Crippen molar-refractivity contribution in [1.29, 1.82) is 0 Å². The third-order valence-electron chi connectivity index (χ3n) is 4.13. The van der Waals surface area contributed by atoms with Gasteiger partial charge in [-0.1, -0.05) is 6.07 Å². The van der Waals surface area contributed by atoms with Gasteiger partial charge in [-0.15, -0.1) is 0 Å². The molecule has 0 unspecified atom stereocenters. The maximum Gasteiger partial charge on any atom is 0.341 e. The number of nitrogens with zero attached hydrogens (tertiary/aromatic N) is 3. The monoisotopic (exact) mass is 366 g/mol. The standard InChI is InChI=1S/C19H18N4O4/c1-4-27-19(24)14-10-20-18-13(9-8-11(2)21-18)17(14)22-15-6-5-7-16(12(15)3)23(25)26/h5-10H,4H2,1-3H3,(H,20,21,22). The van der Waals surface area contributed by atoms with Crippen LogP contribution >= 0.6 is 0 Å². The number of anilines is 2. The van der Waals surface area contributed by atoms with Gasteiger partial charge < -0.3 is 10.1 Å². The average Bonchev–Trinajstić information content (AvgIpc) is 2.63. The van der Waals surface area contributed by atoms with E-state index >= 15 is 0 Å². The topological polar surface area (TPSA) is 107 Å². The highest BCUT2D eigenvalue weighted by Crippen LogP contribution is 2.33. The molecule has 0 spiro atoms. The summed E-state index contributed by atoms with van der Waals surface area (Å²) in [6.07, 6.45) is 1.40. The van der Waals surface area contributed by atoms with Gasteiger partial charge >= 0.3 is 5.97 Å². The van der Waals surface area contributed by atoms with Crippen LogP contribution in [-0.2, 0) is 4.74 Å². The summed E-state index contributed by atoms with van der Waals surface area (Å²) in [5, 5.41) is 15.0. The van der Waals surface area contributed by atoms with Gasteiger partial charge in [-0.2, -0.15) is 0 Å². The van der Waals surface area contributed by atoms with Crippen molar-refractivity contribution in [3.63, 3.8) is 0 Å². The molecular weight excluding hydrogens is 348 g/mol. The number of hydrogen-bond acceptors (Lipinski definition) is 7. The van der Waals surface area contributed by atoms with Crippen LogP contribution in [0.2, 0.25) is 0 Å². The van der Waals surface area contributed by atoms with E-state index in [1.165, 1.54) is 12.3 Å². The molecule has 138 valence electrons. The van der Waals surface area contributed by atoms with Gasteiger partial charge in [0.1, 0.15) is 5.56 Å². The highest BCUT2D eigenvalue weighted by molar-refractivity contribution is 6.05. The predicted molar refractivity (Wildman–Crippen MR) is 101 cm³/mol. The number of carbonyl (C=O) groups excluding carboxylic acids is 1. The Labute approximate surface area is 155 Å². The number of pyridine rings is 2. The normalized spacial score (nSPS) is 10.6. The second-order valence-corrected chi connectivity index (χ2v) is 5.92. The van der Waals surface area contributed by atoms with Crippen molar-refractivity contribution in [3.8, 4) is 0 Å². The number of aryl methyl sites for hydroxylation is 1. The first kappa shape index (κ1) is 18.2. The van der Waals surface area contributed by atoms with Crippen LogP contribution in [0.4, 0.5) is 17.1 Å². The van der Waals surface area contributed by atoms with E-state index in [4.69, 9.17) is 4.74 Å². The second kappa shape index (κ2) is 7.36. The molecule has 0 aliphatic carbocycles. The molecule has 0 amide bonds. The second-order valence-electron chi connectivity index (χ2n) is 5.92. The van der Waals surface area contributed by atoms with E-state index in [9.17, 15) is 14.9 Å². The molecule has 0 fully saturated rings. The summed E-state index contributed by atoms with van der Waals surface area (Å²) < 4.78 is 5.12. The molecule has 0 aliphatic rings. The van der Waals surface area contributed by atoms with Gasteiger partial charge in [0.25, 0.3) is 5.69 Å². The molecule has 0 saturated carbocycles. The summed E-state index contributed by atoms with van der Waals surface area (Å²) in [4.78, 5) is 31.8. The fourth-order valence-electron chi connectivity index (χ4n) is 2.76. The SMILES string of the molecule is CCOC(=O)c1cnc2nc(C)ccc2c1Nc1cccc([N+](=O)[O-])c1C. The number of fused-ring (bicyclic) bond motifs is 1. The Balaban J connectivity index is 2.19. The number of hydrogen-bond donors (Lipinski definition) is 1. The molecule has 2 aromatic heterocycles. The number of esters is 1. The number of ether oxygens (including phenoxy) is 1. The smallest absolute Gasteiger partial charge is 0.341 e. The van der Waals surface area contributed by atoms with Crippen LogP contribution in [0.5, 0.6) is 0 Å². The molecule has 3 aromatic rings. The van der Waals surface area contributed by atoms with E-state index in [1.54, 1.807) is 26.0 Å². The van der Waals surface area contributed by atoms with E-state index in [1.807, 2.05) is 19.1 Å². The molecule has 27 heavy (non-hydrogen) atoms. The maximum absolute atomic E-state index is 12.4. The van der Waals surface area contributed by atoms with Crippen molar-refractivity contribution in [2.45, 2.75) is 20.8 Å². The van der Waals surface area contributed by atoms with Crippen LogP contribution < -0.4 is 5.32 Å². The zero-order valence-corrected chi connectivity index (χ0v) is 15.1. The number of rotatable bonds is 5. The minimum Gasteiger partial charge on any atom is -0.462 e. The van der Waals surface area contributed by atoms with Crippen LogP contribution in [0.3, 0.4) is 0 Å². The molecule has 2 heterocycles. The molecular formula is C19H18N4O4. The zero-order chi connectivity index (χ0) is 19.6. The number of nitro benzene ring substituents is 1. The number of nitrogens with one attached hydrogen (secondary N) is 1. The Bertz CT molecular complexity index is 1050. The Kier molecular flexibility index (Phi) is 4.98.